The molecule has 1 aliphatic heterocycles. The molecule has 0 radical (unpaired) electrons. The number of nitrogens with one attached hydrogen (secondary N) is 3. The van der Waals surface area contributed by atoms with Gasteiger partial charge >= 0.3 is 12.0 Å². The molecule has 0 aliphatic carbocycles. The molecule has 4 aromatic carbocycles. The van der Waals surface area contributed by atoms with Gasteiger partial charge in [0.05, 0.1) is 18.9 Å². The molecule has 1 aliphatic rings. The van der Waals surface area contributed by atoms with Crippen molar-refractivity contribution in [3.63, 3.8) is 0 Å². The average Bonchev–Trinajstić information content (AvgIpc) is 3.43. The van der Waals surface area contributed by atoms with Gasteiger partial charge in [-0.15, -0.1) is 0 Å². The normalized spacial score (nSPS) is 12.6. The summed E-state index contributed by atoms with van der Waals surface area (Å²) in [5.41, 5.74) is 4.91. The number of aliphatic carboxylic acids is 1. The Morgan fingerprint density at radius 2 is 1.52 bits per heavy atom. The number of hydrogen-bond donors (Lipinski definition) is 4. The number of carbonyl (C=O) groups is 4. The molecule has 5 rings (SSSR count). The number of carboxylic acids is 1. The number of carbonyl (C=O) groups excluding carboxylic acids is 3. The van der Waals surface area contributed by atoms with Crippen LogP contribution in [0.15, 0.2) is 103 Å². The smallest absolute Gasteiger partial charge is 0.326 e. The number of nitrogens with zero attached hydrogens (tertiary/aromatic N) is 1. The molecule has 4 amide bonds. The number of fused-ring (bicyclic) bond motifs is 1. The summed E-state index contributed by atoms with van der Waals surface area (Å²) >= 11 is 0. The van der Waals surface area contributed by atoms with E-state index >= 15 is 0 Å². The highest BCUT2D eigenvalue weighted by Gasteiger charge is 2.24. The Balaban J connectivity index is 1.18. The number of para-hydroxylation sites is 1. The minimum Gasteiger partial charge on any atom is -0.481 e. The third-order valence-electron chi connectivity index (χ3n) is 6.99. The van der Waals surface area contributed by atoms with E-state index in [-0.39, 0.29) is 30.7 Å². The number of anilines is 3. The highest BCUT2D eigenvalue weighted by Crippen LogP contribution is 2.28. The summed E-state index contributed by atoms with van der Waals surface area (Å²) in [5, 5.41) is 18.0. The van der Waals surface area contributed by atoms with Crippen LogP contribution in [0.2, 0.25) is 0 Å². The molecule has 1 unspecified atom stereocenters. The predicted molar refractivity (Wildman–Crippen MR) is 161 cm³/mol. The molecule has 0 saturated carbocycles. The third kappa shape index (κ3) is 7.00. The molecule has 1 atom stereocenters. The quantitative estimate of drug-likeness (QED) is 0.217. The van der Waals surface area contributed by atoms with E-state index in [1.165, 1.54) is 0 Å². The highest BCUT2D eigenvalue weighted by atomic mass is 16.4. The predicted octanol–water partition coefficient (Wildman–Crippen LogP) is 5.41. The average molecular weight is 563 g/mol. The zero-order valence-corrected chi connectivity index (χ0v) is 22.7. The van der Waals surface area contributed by atoms with E-state index in [0.29, 0.717) is 29.0 Å². The lowest BCUT2D eigenvalue weighted by Crippen LogP contribution is -2.33. The van der Waals surface area contributed by atoms with Crippen LogP contribution in [-0.4, -0.2) is 35.5 Å². The lowest BCUT2D eigenvalue weighted by Gasteiger charge is -2.19. The van der Waals surface area contributed by atoms with Crippen LogP contribution in [0.5, 0.6) is 0 Å². The molecule has 1 heterocycles. The summed E-state index contributed by atoms with van der Waals surface area (Å²) in [6.45, 7) is 0.626. The van der Waals surface area contributed by atoms with Gasteiger partial charge in [-0.1, -0.05) is 60.7 Å². The first kappa shape index (κ1) is 28.1. The lowest BCUT2D eigenvalue weighted by molar-refractivity contribution is -0.137. The maximum absolute atomic E-state index is 12.8. The van der Waals surface area contributed by atoms with Gasteiger partial charge in [0, 0.05) is 29.2 Å². The first-order valence-electron chi connectivity index (χ1n) is 13.6. The molecule has 9 nitrogen and oxygen atoms in total. The van der Waals surface area contributed by atoms with Gasteiger partial charge in [-0.05, 0) is 65.6 Å². The zero-order chi connectivity index (χ0) is 29.5. The number of amides is 4. The molecule has 4 N–H and O–H groups in total. The fourth-order valence-electron chi connectivity index (χ4n) is 4.93. The Labute approximate surface area is 243 Å². The van der Waals surface area contributed by atoms with Crippen LogP contribution in [0.1, 0.15) is 39.5 Å². The molecular formula is C33H30N4O5. The second-order valence-corrected chi connectivity index (χ2v) is 10.00. The summed E-state index contributed by atoms with van der Waals surface area (Å²) in [6.07, 6.45) is 0.605. The lowest BCUT2D eigenvalue weighted by atomic mass is 10.0. The SMILES string of the molecule is O=C(O)CC(NC(=O)c1ccccc1)c1cccc(NC(=O)Cc2ccc(NC(=O)N3CCc4ccccc43)cc2)c1. The van der Waals surface area contributed by atoms with Crippen LogP contribution in [0.4, 0.5) is 21.9 Å². The minimum atomic E-state index is -1.06. The number of rotatable bonds is 9. The molecule has 0 fully saturated rings. The second kappa shape index (κ2) is 12.8. The fraction of sp³-hybridized carbons (Fsp3) is 0.152. The maximum atomic E-state index is 12.8. The molecule has 0 spiro atoms. The van der Waals surface area contributed by atoms with Crippen molar-refractivity contribution in [2.45, 2.75) is 25.3 Å². The van der Waals surface area contributed by atoms with Crippen molar-refractivity contribution in [1.29, 1.82) is 0 Å². The topological polar surface area (TPSA) is 128 Å². The summed E-state index contributed by atoms with van der Waals surface area (Å²) in [4.78, 5) is 51.5. The standard InChI is InChI=1S/C33H30N4O5/c38-30(19-22-13-15-26(16-14-22)35-33(42)37-18-17-23-7-4-5-12-29(23)37)34-27-11-6-10-25(20-27)28(21-31(39)40)36-32(41)24-8-2-1-3-9-24/h1-16,20,28H,17-19,21H2,(H,34,38)(H,35,42)(H,36,41)(H,39,40). The van der Waals surface area contributed by atoms with E-state index in [4.69, 9.17) is 0 Å². The van der Waals surface area contributed by atoms with Crippen molar-refractivity contribution < 1.29 is 24.3 Å². The van der Waals surface area contributed by atoms with Crippen LogP contribution in [0, 0.1) is 0 Å². The Morgan fingerprint density at radius 3 is 2.29 bits per heavy atom. The van der Waals surface area contributed by atoms with E-state index in [1.807, 2.05) is 24.3 Å². The highest BCUT2D eigenvalue weighted by molar-refractivity contribution is 6.03. The van der Waals surface area contributed by atoms with E-state index in [0.717, 1.165) is 23.2 Å². The molecule has 0 bridgehead atoms. The Hall–Kier alpha value is -5.44. The number of carboxylic acid groups (broad SMARTS) is 1. The van der Waals surface area contributed by atoms with Gasteiger partial charge in [-0.2, -0.15) is 0 Å². The van der Waals surface area contributed by atoms with Crippen molar-refractivity contribution >= 4 is 40.9 Å². The number of benzene rings is 4. The monoisotopic (exact) mass is 562 g/mol. The summed E-state index contributed by atoms with van der Waals surface area (Å²) in [6, 6.07) is 29.3. The van der Waals surface area contributed by atoms with Crippen LogP contribution in [0.25, 0.3) is 0 Å². The summed E-state index contributed by atoms with van der Waals surface area (Å²) < 4.78 is 0. The van der Waals surface area contributed by atoms with Crippen molar-refractivity contribution in [1.82, 2.24) is 5.32 Å². The largest absolute Gasteiger partial charge is 0.481 e. The van der Waals surface area contributed by atoms with Gasteiger partial charge in [0.25, 0.3) is 5.91 Å². The van der Waals surface area contributed by atoms with Crippen LogP contribution in [-0.2, 0) is 22.4 Å². The number of hydrogen-bond acceptors (Lipinski definition) is 4. The molecule has 42 heavy (non-hydrogen) atoms. The van der Waals surface area contributed by atoms with Crippen LogP contribution < -0.4 is 20.9 Å². The first-order valence-corrected chi connectivity index (χ1v) is 13.6. The minimum absolute atomic E-state index is 0.0985. The summed E-state index contributed by atoms with van der Waals surface area (Å²) in [7, 11) is 0. The van der Waals surface area contributed by atoms with E-state index in [1.54, 1.807) is 83.8 Å². The fourth-order valence-corrected chi connectivity index (χ4v) is 4.93. The van der Waals surface area contributed by atoms with E-state index in [9.17, 15) is 24.3 Å². The third-order valence-corrected chi connectivity index (χ3v) is 6.99. The van der Waals surface area contributed by atoms with Crippen molar-refractivity contribution in [2.24, 2.45) is 0 Å². The van der Waals surface area contributed by atoms with Gasteiger partial charge in [0.2, 0.25) is 5.91 Å². The van der Waals surface area contributed by atoms with Gasteiger partial charge in [0.1, 0.15) is 0 Å². The first-order chi connectivity index (χ1) is 20.4. The molecule has 4 aromatic rings. The van der Waals surface area contributed by atoms with E-state index < -0.39 is 12.0 Å². The second-order valence-electron chi connectivity index (χ2n) is 10.00. The van der Waals surface area contributed by atoms with Gasteiger partial charge in [-0.25, -0.2) is 4.79 Å². The maximum Gasteiger partial charge on any atom is 0.326 e. The van der Waals surface area contributed by atoms with Crippen LogP contribution >= 0.6 is 0 Å². The van der Waals surface area contributed by atoms with Gasteiger partial charge in [-0.3, -0.25) is 19.3 Å². The molecule has 0 saturated heterocycles. The van der Waals surface area contributed by atoms with Crippen molar-refractivity contribution in [3.05, 3.63) is 125 Å². The van der Waals surface area contributed by atoms with Crippen molar-refractivity contribution in [3.8, 4) is 0 Å². The van der Waals surface area contributed by atoms with Gasteiger partial charge < -0.3 is 21.1 Å². The zero-order valence-electron chi connectivity index (χ0n) is 22.7. The van der Waals surface area contributed by atoms with Crippen molar-refractivity contribution in [2.75, 3.05) is 22.1 Å². The summed E-state index contributed by atoms with van der Waals surface area (Å²) in [5.74, 6) is -1.71. The molecule has 212 valence electrons. The molecular weight excluding hydrogens is 532 g/mol. The molecule has 9 heteroatoms. The Kier molecular flexibility index (Phi) is 8.58. The Morgan fingerprint density at radius 1 is 0.786 bits per heavy atom. The van der Waals surface area contributed by atoms with Gasteiger partial charge in [0.15, 0.2) is 0 Å². The van der Waals surface area contributed by atoms with Crippen LogP contribution in [0.3, 0.4) is 0 Å². The Bertz CT molecular complexity index is 1600. The number of urea groups is 1. The van der Waals surface area contributed by atoms with E-state index in [2.05, 4.69) is 16.0 Å². The molecule has 0 aromatic heterocycles.